The minimum atomic E-state index is -4.79. The molecule has 8 nitrogen and oxygen atoms in total. The normalized spacial score (nSPS) is 13.7. The van der Waals surface area contributed by atoms with E-state index in [1.807, 2.05) is 18.2 Å². The Morgan fingerprint density at radius 2 is 0.923 bits per heavy atom. The van der Waals surface area contributed by atoms with Crippen LogP contribution in [0.3, 0.4) is 0 Å². The summed E-state index contributed by atoms with van der Waals surface area (Å²) in [6.45, 7) is 3.33. The Morgan fingerprint density at radius 1 is 0.519 bits per heavy atom. The van der Waals surface area contributed by atoms with Gasteiger partial charge in [-0.3, -0.25) is 14.1 Å². The molecule has 1 atom stereocenters. The number of carbonyl (C=O) groups is 2. The summed E-state index contributed by atoms with van der Waals surface area (Å²) in [6.07, 6.45) is 52.6. The standard InChI is InChI=1S/C43H67O8P/c1-3-5-7-9-11-13-15-17-19-20-21-22-24-25-27-29-31-33-35-37-42(44)49-39-41(40-50-52(46,47)48)51-43(45)38-36-34-32-30-28-26-23-18-16-14-12-10-8-6-4-2/h5-8,11-14,17-19,21-23,28,30,34,36,41H,3-4,9-10,15-16,20,24-27,29,31-33,35,37-40H2,1-2H3,(H2,46,47,48)/b7-5-,8-6-,13-11-,14-12-,19-17-,22-21-,23-18-,30-28-,36-34-. The maximum absolute atomic E-state index is 12.3. The van der Waals surface area contributed by atoms with E-state index < -0.39 is 32.5 Å². The van der Waals surface area contributed by atoms with Crippen molar-refractivity contribution in [1.29, 1.82) is 0 Å². The van der Waals surface area contributed by atoms with Gasteiger partial charge in [-0.2, -0.15) is 0 Å². The second-order valence-electron chi connectivity index (χ2n) is 12.2. The van der Waals surface area contributed by atoms with Gasteiger partial charge in [0.15, 0.2) is 6.10 Å². The number of hydrogen-bond donors (Lipinski definition) is 2. The van der Waals surface area contributed by atoms with Crippen molar-refractivity contribution in [2.24, 2.45) is 0 Å². The van der Waals surface area contributed by atoms with E-state index in [9.17, 15) is 14.2 Å². The SMILES string of the molecule is CC/C=C\C/C=C\C/C=C\C/C=C\C/C=C\CC(=O)OC(COC(=O)CCCCCCCC/C=C\C/C=C\C/C=C\C/C=C\CC)COP(=O)(O)O. The number of allylic oxidation sites excluding steroid dienone is 17. The molecule has 0 spiro atoms. The van der Waals surface area contributed by atoms with Gasteiger partial charge in [0.05, 0.1) is 13.0 Å². The Kier molecular flexibility index (Phi) is 35.1. The summed E-state index contributed by atoms with van der Waals surface area (Å²) in [4.78, 5) is 42.7. The van der Waals surface area contributed by atoms with Gasteiger partial charge < -0.3 is 19.3 Å². The van der Waals surface area contributed by atoms with Gasteiger partial charge in [-0.1, -0.05) is 149 Å². The Hall–Kier alpha value is -3.29. The highest BCUT2D eigenvalue weighted by Gasteiger charge is 2.22. The number of esters is 2. The first kappa shape index (κ1) is 48.7. The fourth-order valence-electron chi connectivity index (χ4n) is 4.55. The summed E-state index contributed by atoms with van der Waals surface area (Å²) in [5.41, 5.74) is 0. The molecule has 0 aliphatic rings. The van der Waals surface area contributed by atoms with E-state index >= 15 is 0 Å². The lowest BCUT2D eigenvalue weighted by Crippen LogP contribution is -2.29. The van der Waals surface area contributed by atoms with Gasteiger partial charge in [0.2, 0.25) is 0 Å². The molecule has 0 aliphatic carbocycles. The van der Waals surface area contributed by atoms with E-state index in [2.05, 4.69) is 103 Å². The van der Waals surface area contributed by atoms with Crippen molar-refractivity contribution >= 4 is 19.8 Å². The van der Waals surface area contributed by atoms with Crippen LogP contribution in [0.5, 0.6) is 0 Å². The third kappa shape index (κ3) is 39.5. The zero-order valence-electron chi connectivity index (χ0n) is 31.9. The molecule has 0 bridgehead atoms. The average molecular weight is 743 g/mol. The molecule has 0 aliphatic heterocycles. The number of phosphoric ester groups is 1. The van der Waals surface area contributed by atoms with Crippen molar-refractivity contribution in [2.75, 3.05) is 13.2 Å². The minimum absolute atomic E-state index is 0.0304. The van der Waals surface area contributed by atoms with Gasteiger partial charge in [0, 0.05) is 6.42 Å². The van der Waals surface area contributed by atoms with E-state index in [1.54, 1.807) is 6.08 Å². The van der Waals surface area contributed by atoms with Crippen LogP contribution in [0, 0.1) is 0 Å². The first-order valence-electron chi connectivity index (χ1n) is 19.2. The van der Waals surface area contributed by atoms with E-state index in [0.29, 0.717) is 12.8 Å². The van der Waals surface area contributed by atoms with Crippen LogP contribution in [0.1, 0.15) is 129 Å². The molecule has 52 heavy (non-hydrogen) atoms. The number of phosphoric acid groups is 1. The number of rotatable bonds is 33. The molecule has 0 fully saturated rings. The molecule has 0 rings (SSSR count). The Labute approximate surface area is 315 Å². The molecule has 0 aromatic carbocycles. The largest absolute Gasteiger partial charge is 0.469 e. The van der Waals surface area contributed by atoms with E-state index in [-0.39, 0.29) is 19.4 Å². The van der Waals surface area contributed by atoms with Gasteiger partial charge in [-0.05, 0) is 77.0 Å². The molecule has 0 saturated carbocycles. The third-order valence-electron chi connectivity index (χ3n) is 7.32. The van der Waals surface area contributed by atoms with Crippen LogP contribution in [-0.2, 0) is 28.2 Å². The maximum Gasteiger partial charge on any atom is 0.469 e. The Morgan fingerprint density at radius 3 is 1.38 bits per heavy atom. The summed E-state index contributed by atoms with van der Waals surface area (Å²) in [7, 11) is -4.79. The number of carbonyl (C=O) groups excluding carboxylic acids is 2. The first-order chi connectivity index (χ1) is 25.3. The van der Waals surface area contributed by atoms with E-state index in [4.69, 9.17) is 19.3 Å². The van der Waals surface area contributed by atoms with Crippen LogP contribution in [0.4, 0.5) is 0 Å². The summed E-state index contributed by atoms with van der Waals surface area (Å²) in [5.74, 6) is -1.06. The average Bonchev–Trinajstić information content (AvgIpc) is 3.11. The molecule has 0 radical (unpaired) electrons. The maximum atomic E-state index is 12.3. The van der Waals surface area contributed by atoms with Crippen LogP contribution in [-0.4, -0.2) is 41.0 Å². The van der Waals surface area contributed by atoms with Crippen LogP contribution < -0.4 is 0 Å². The molecule has 0 aromatic rings. The van der Waals surface area contributed by atoms with Crippen molar-refractivity contribution in [2.45, 2.75) is 136 Å². The number of ether oxygens (including phenoxy) is 2. The van der Waals surface area contributed by atoms with Crippen LogP contribution in [0.2, 0.25) is 0 Å². The number of unbranched alkanes of at least 4 members (excludes halogenated alkanes) is 6. The summed E-state index contributed by atoms with van der Waals surface area (Å²) in [5, 5.41) is 0. The lowest BCUT2D eigenvalue weighted by atomic mass is 10.1. The monoisotopic (exact) mass is 742 g/mol. The van der Waals surface area contributed by atoms with Gasteiger partial charge in [-0.25, -0.2) is 4.57 Å². The highest BCUT2D eigenvalue weighted by atomic mass is 31.2. The summed E-state index contributed by atoms with van der Waals surface area (Å²) >= 11 is 0. The second kappa shape index (κ2) is 37.5. The predicted molar refractivity (Wildman–Crippen MR) is 216 cm³/mol. The number of hydrogen-bond acceptors (Lipinski definition) is 6. The summed E-state index contributed by atoms with van der Waals surface area (Å²) < 4.78 is 26.2. The molecule has 292 valence electrons. The first-order valence-corrected chi connectivity index (χ1v) is 20.7. The minimum Gasteiger partial charge on any atom is -0.462 e. The zero-order valence-corrected chi connectivity index (χ0v) is 32.8. The second-order valence-corrected chi connectivity index (χ2v) is 13.4. The van der Waals surface area contributed by atoms with Crippen molar-refractivity contribution in [1.82, 2.24) is 0 Å². The van der Waals surface area contributed by atoms with Gasteiger partial charge in [0.25, 0.3) is 0 Å². The third-order valence-corrected chi connectivity index (χ3v) is 7.81. The molecule has 0 amide bonds. The van der Waals surface area contributed by atoms with Gasteiger partial charge >= 0.3 is 19.8 Å². The van der Waals surface area contributed by atoms with Crippen molar-refractivity contribution in [3.8, 4) is 0 Å². The molecular formula is C43H67O8P. The molecule has 2 N–H and O–H groups in total. The van der Waals surface area contributed by atoms with Gasteiger partial charge in [0.1, 0.15) is 6.61 Å². The van der Waals surface area contributed by atoms with Crippen LogP contribution in [0.15, 0.2) is 109 Å². The van der Waals surface area contributed by atoms with E-state index in [0.717, 1.165) is 89.9 Å². The van der Waals surface area contributed by atoms with Crippen molar-refractivity contribution < 1.29 is 37.9 Å². The van der Waals surface area contributed by atoms with Crippen LogP contribution >= 0.6 is 7.82 Å². The predicted octanol–water partition coefficient (Wildman–Crippen LogP) is 11.6. The van der Waals surface area contributed by atoms with E-state index in [1.165, 1.54) is 0 Å². The lowest BCUT2D eigenvalue weighted by Gasteiger charge is -2.18. The fourth-order valence-corrected chi connectivity index (χ4v) is 4.92. The summed E-state index contributed by atoms with van der Waals surface area (Å²) in [6, 6.07) is 0. The molecule has 1 unspecified atom stereocenters. The Bertz CT molecular complexity index is 1200. The highest BCUT2D eigenvalue weighted by Crippen LogP contribution is 2.35. The fraction of sp³-hybridized carbons (Fsp3) is 0.535. The van der Waals surface area contributed by atoms with Crippen LogP contribution in [0.25, 0.3) is 0 Å². The zero-order chi connectivity index (χ0) is 38.2. The molecule has 0 saturated heterocycles. The molecule has 9 heteroatoms. The lowest BCUT2D eigenvalue weighted by molar-refractivity contribution is -0.160. The topological polar surface area (TPSA) is 119 Å². The Balaban J connectivity index is 4.13. The van der Waals surface area contributed by atoms with Gasteiger partial charge in [-0.15, -0.1) is 0 Å². The molecule has 0 aromatic heterocycles. The molecular weight excluding hydrogens is 675 g/mol. The smallest absolute Gasteiger partial charge is 0.462 e. The van der Waals surface area contributed by atoms with Crippen molar-refractivity contribution in [3.63, 3.8) is 0 Å². The van der Waals surface area contributed by atoms with Crippen molar-refractivity contribution in [3.05, 3.63) is 109 Å². The highest BCUT2D eigenvalue weighted by molar-refractivity contribution is 7.46. The quantitative estimate of drug-likeness (QED) is 0.0295. The molecule has 0 heterocycles.